The topological polar surface area (TPSA) is 85.4 Å². The van der Waals surface area contributed by atoms with E-state index in [1.807, 2.05) is 48.5 Å². The Morgan fingerprint density at radius 1 is 0.933 bits per heavy atom. The summed E-state index contributed by atoms with van der Waals surface area (Å²) < 4.78 is 1.77. The molecule has 1 aliphatic rings. The van der Waals surface area contributed by atoms with E-state index < -0.39 is 0 Å². The third-order valence-electron chi connectivity index (χ3n) is 5.19. The molecule has 0 aliphatic carbocycles. The summed E-state index contributed by atoms with van der Waals surface area (Å²) in [4.78, 5) is 19.9. The Labute approximate surface area is 170 Å². The van der Waals surface area contributed by atoms with Gasteiger partial charge in [0.25, 0.3) is 5.91 Å². The van der Waals surface area contributed by atoms with Gasteiger partial charge in [0, 0.05) is 34.9 Å². The number of carbonyl (C=O) groups is 1. The van der Waals surface area contributed by atoms with Crippen LogP contribution in [0.3, 0.4) is 0 Å². The van der Waals surface area contributed by atoms with Crippen molar-refractivity contribution in [3.63, 3.8) is 0 Å². The molecule has 1 amide bonds. The van der Waals surface area contributed by atoms with Crippen molar-refractivity contribution in [1.82, 2.24) is 24.8 Å². The van der Waals surface area contributed by atoms with Crippen LogP contribution in [0.1, 0.15) is 11.4 Å². The van der Waals surface area contributed by atoms with Gasteiger partial charge in [-0.25, -0.2) is 4.99 Å². The van der Waals surface area contributed by atoms with Crippen molar-refractivity contribution in [1.29, 1.82) is 0 Å². The van der Waals surface area contributed by atoms with Crippen molar-refractivity contribution >= 4 is 28.5 Å². The molecule has 2 aromatic carbocycles. The quantitative estimate of drug-likeness (QED) is 0.470. The Bertz CT molecular complexity index is 1600. The van der Waals surface area contributed by atoms with Crippen LogP contribution >= 0.6 is 0 Å². The molecule has 6 rings (SSSR count). The Morgan fingerprint density at radius 3 is 2.87 bits per heavy atom. The lowest BCUT2D eigenvalue weighted by molar-refractivity contribution is -0.112. The smallest absolute Gasteiger partial charge is 0.267 e. The molecule has 7 heteroatoms. The van der Waals surface area contributed by atoms with E-state index in [1.165, 1.54) is 6.08 Å². The lowest BCUT2D eigenvalue weighted by Gasteiger charge is -2.04. The van der Waals surface area contributed by atoms with E-state index in [4.69, 9.17) is 5.10 Å². The van der Waals surface area contributed by atoms with Crippen molar-refractivity contribution in [2.24, 2.45) is 4.99 Å². The number of carbonyl (C=O) groups excluding carboxylic acids is 1. The first-order chi connectivity index (χ1) is 14.7. The third-order valence-corrected chi connectivity index (χ3v) is 5.19. The maximum absolute atomic E-state index is 11.5. The summed E-state index contributed by atoms with van der Waals surface area (Å²) in [6.07, 6.45) is 3.93. The molecular formula is C23H14N6O. The minimum atomic E-state index is -0.225. The number of rotatable bonds is 3. The molecule has 3 aromatic heterocycles. The minimum absolute atomic E-state index is 0.225. The van der Waals surface area contributed by atoms with Gasteiger partial charge in [0.1, 0.15) is 0 Å². The van der Waals surface area contributed by atoms with E-state index >= 15 is 0 Å². The van der Waals surface area contributed by atoms with Gasteiger partial charge in [-0.3, -0.25) is 9.78 Å². The van der Waals surface area contributed by atoms with Gasteiger partial charge in [-0.05, 0) is 42.0 Å². The Kier molecular flexibility index (Phi) is 3.55. The van der Waals surface area contributed by atoms with Gasteiger partial charge in [0.2, 0.25) is 0 Å². The summed E-state index contributed by atoms with van der Waals surface area (Å²) >= 11 is 0. The molecule has 0 saturated heterocycles. The number of aromatic nitrogens is 5. The Balaban J connectivity index is 1.41. The second-order valence-corrected chi connectivity index (χ2v) is 7.18. The third kappa shape index (κ3) is 2.76. The highest BCUT2D eigenvalue weighted by atomic mass is 16.1. The zero-order chi connectivity index (χ0) is 20.1. The fourth-order valence-corrected chi connectivity index (χ4v) is 3.72. The maximum atomic E-state index is 11.5. The number of benzene rings is 2. The van der Waals surface area contributed by atoms with Crippen LogP contribution in [0.5, 0.6) is 0 Å². The van der Waals surface area contributed by atoms with Crippen molar-refractivity contribution in [2.45, 2.75) is 6.42 Å². The summed E-state index contributed by atoms with van der Waals surface area (Å²) in [7, 11) is 0. The minimum Gasteiger partial charge on any atom is -0.267 e. The van der Waals surface area contributed by atoms with Crippen molar-refractivity contribution in [3.05, 3.63) is 88.8 Å². The van der Waals surface area contributed by atoms with E-state index in [-0.39, 0.29) is 5.91 Å². The van der Waals surface area contributed by atoms with E-state index in [1.54, 1.807) is 10.7 Å². The van der Waals surface area contributed by atoms with Crippen molar-refractivity contribution < 1.29 is 4.79 Å². The maximum Gasteiger partial charge on any atom is 0.270 e. The number of hydrogen-bond acceptors (Lipinski definition) is 5. The molecule has 1 aliphatic heterocycles. The predicted octanol–water partition coefficient (Wildman–Crippen LogP) is 1.87. The van der Waals surface area contributed by atoms with E-state index in [0.717, 1.165) is 38.8 Å². The van der Waals surface area contributed by atoms with Crippen LogP contribution in [0.2, 0.25) is 0 Å². The lowest BCUT2D eigenvalue weighted by atomic mass is 10.1. The Morgan fingerprint density at radius 2 is 1.90 bits per heavy atom. The molecule has 0 unspecified atom stereocenters. The number of fused-ring (bicyclic) bond motifs is 3. The molecule has 0 radical (unpaired) electrons. The lowest BCUT2D eigenvalue weighted by Crippen LogP contribution is -2.20. The van der Waals surface area contributed by atoms with Crippen LogP contribution in [0.4, 0.5) is 0 Å². The molecule has 4 heterocycles. The summed E-state index contributed by atoms with van der Waals surface area (Å²) in [5, 5.41) is 15.9. The monoisotopic (exact) mass is 390 g/mol. The average molecular weight is 390 g/mol. The average Bonchev–Trinajstić information content (AvgIpc) is 3.35. The standard InChI is InChI=1S/C23H14N6O/c30-23-13-17-5-4-16(12-20(17)25-23)19-7-8-21-26-27-22(29(21)28-19)11-14-3-6-18-15(10-14)2-1-9-24-18/h1-10,12-13H,11H2. The molecule has 0 fully saturated rings. The van der Waals surface area contributed by atoms with E-state index in [2.05, 4.69) is 32.3 Å². The first-order valence-electron chi connectivity index (χ1n) is 9.53. The number of hydrogen-bond donors (Lipinski definition) is 0. The molecule has 142 valence electrons. The van der Waals surface area contributed by atoms with Gasteiger partial charge in [-0.2, -0.15) is 9.61 Å². The van der Waals surface area contributed by atoms with Crippen molar-refractivity contribution in [2.75, 3.05) is 0 Å². The highest BCUT2D eigenvalue weighted by Gasteiger charge is 2.11. The highest BCUT2D eigenvalue weighted by molar-refractivity contribution is 6.06. The van der Waals surface area contributed by atoms with Gasteiger partial charge < -0.3 is 0 Å². The van der Waals surface area contributed by atoms with Gasteiger partial charge in [-0.15, -0.1) is 10.2 Å². The summed E-state index contributed by atoms with van der Waals surface area (Å²) in [6.45, 7) is 0. The van der Waals surface area contributed by atoms with Crippen LogP contribution in [0, 0.1) is 0 Å². The van der Waals surface area contributed by atoms with Gasteiger partial charge in [0.05, 0.1) is 16.6 Å². The summed E-state index contributed by atoms with van der Waals surface area (Å²) in [5.74, 6) is 0.529. The van der Waals surface area contributed by atoms with Crippen LogP contribution in [-0.2, 0) is 11.2 Å². The van der Waals surface area contributed by atoms with Gasteiger partial charge in [0.15, 0.2) is 11.5 Å². The molecule has 7 nitrogen and oxygen atoms in total. The first kappa shape index (κ1) is 16.7. The van der Waals surface area contributed by atoms with Crippen molar-refractivity contribution in [3.8, 4) is 11.3 Å². The summed E-state index contributed by atoms with van der Waals surface area (Å²) in [5.41, 5.74) is 4.42. The van der Waals surface area contributed by atoms with Crippen LogP contribution in [0.25, 0.3) is 33.9 Å². The van der Waals surface area contributed by atoms with Crippen LogP contribution in [-0.4, -0.2) is 30.7 Å². The second kappa shape index (κ2) is 6.38. The normalized spacial score (nSPS) is 12.7. The van der Waals surface area contributed by atoms with E-state index in [0.29, 0.717) is 17.4 Å². The second-order valence-electron chi connectivity index (χ2n) is 7.18. The fraction of sp³-hybridized carbons (Fsp3) is 0.0435. The fourth-order valence-electron chi connectivity index (χ4n) is 3.72. The summed E-state index contributed by atoms with van der Waals surface area (Å²) in [6, 6.07) is 19.7. The molecule has 30 heavy (non-hydrogen) atoms. The highest BCUT2D eigenvalue weighted by Crippen LogP contribution is 2.18. The molecule has 0 bridgehead atoms. The molecule has 0 spiro atoms. The zero-order valence-corrected chi connectivity index (χ0v) is 15.7. The SMILES string of the molecule is O=C1C=c2ccc(-c3ccc4nnc(Cc5ccc6ncccc6c5)n4n3)cc2=N1. The largest absolute Gasteiger partial charge is 0.270 e. The molecule has 0 N–H and O–H groups in total. The molecule has 5 aromatic rings. The van der Waals surface area contributed by atoms with Gasteiger partial charge in [-0.1, -0.05) is 24.3 Å². The molecule has 0 saturated carbocycles. The zero-order valence-electron chi connectivity index (χ0n) is 15.7. The number of nitrogens with zero attached hydrogens (tertiary/aromatic N) is 6. The predicted molar refractivity (Wildman–Crippen MR) is 111 cm³/mol. The van der Waals surface area contributed by atoms with Gasteiger partial charge >= 0.3 is 0 Å². The van der Waals surface area contributed by atoms with Crippen LogP contribution < -0.4 is 10.6 Å². The first-order valence-corrected chi connectivity index (χ1v) is 9.53. The Hall–Kier alpha value is -4.26. The number of pyridine rings is 1. The van der Waals surface area contributed by atoms with Crippen LogP contribution in [0.15, 0.2) is 71.9 Å². The molecule has 0 atom stereocenters. The number of amides is 1. The van der Waals surface area contributed by atoms with E-state index in [9.17, 15) is 4.79 Å². The molecular weight excluding hydrogens is 376 g/mol.